The highest BCUT2D eigenvalue weighted by molar-refractivity contribution is 6.01. The number of aromatic hydroxyl groups is 1. The largest absolute Gasteiger partial charge is 0.508 e. The van der Waals surface area contributed by atoms with E-state index >= 15 is 0 Å². The van der Waals surface area contributed by atoms with Crippen LogP contribution in [0.4, 0.5) is 0 Å². The molecule has 22 heavy (non-hydrogen) atoms. The van der Waals surface area contributed by atoms with E-state index in [-0.39, 0.29) is 11.5 Å². The predicted molar refractivity (Wildman–Crippen MR) is 83.7 cm³/mol. The summed E-state index contributed by atoms with van der Waals surface area (Å²) in [7, 11) is 0. The van der Waals surface area contributed by atoms with Gasteiger partial charge in [0, 0.05) is 5.56 Å². The van der Waals surface area contributed by atoms with Crippen molar-refractivity contribution in [2.45, 2.75) is 70.7 Å². The van der Waals surface area contributed by atoms with E-state index in [4.69, 9.17) is 9.47 Å². The van der Waals surface area contributed by atoms with Gasteiger partial charge in [-0.15, -0.1) is 0 Å². The van der Waals surface area contributed by atoms with Crippen LogP contribution in [0, 0.1) is 0 Å². The van der Waals surface area contributed by atoms with Gasteiger partial charge in [-0.2, -0.15) is 0 Å². The van der Waals surface area contributed by atoms with Crippen molar-refractivity contribution in [2.75, 3.05) is 0 Å². The third-order valence-corrected chi connectivity index (χ3v) is 4.71. The molecule has 2 aliphatic heterocycles. The molecule has 3 unspecified atom stereocenters. The molecule has 0 spiro atoms. The Labute approximate surface area is 131 Å². The van der Waals surface area contributed by atoms with Crippen molar-refractivity contribution < 1.29 is 19.4 Å². The van der Waals surface area contributed by atoms with Crippen molar-refractivity contribution in [1.82, 2.24) is 0 Å². The van der Waals surface area contributed by atoms with Crippen molar-refractivity contribution in [3.05, 3.63) is 23.3 Å². The number of ether oxygens (including phenoxy) is 2. The van der Waals surface area contributed by atoms with Crippen LogP contribution in [-0.4, -0.2) is 28.7 Å². The van der Waals surface area contributed by atoms with E-state index in [0.717, 1.165) is 24.8 Å². The Bertz CT molecular complexity index is 595. The number of hydrogen-bond donors (Lipinski definition) is 1. The average Bonchev–Trinajstić information content (AvgIpc) is 3.16. The molecule has 1 fully saturated rings. The Morgan fingerprint density at radius 2 is 2.14 bits per heavy atom. The fraction of sp³-hybridized carbons (Fsp3) is 0.611. The quantitative estimate of drug-likeness (QED) is 0.844. The maximum absolute atomic E-state index is 12.5. The molecule has 3 rings (SSSR count). The number of hydrogen-bond acceptors (Lipinski definition) is 4. The molecular weight excluding hydrogens is 280 g/mol. The smallest absolute Gasteiger partial charge is 0.170 e. The molecule has 1 saturated heterocycles. The summed E-state index contributed by atoms with van der Waals surface area (Å²) in [6, 6.07) is 3.28. The van der Waals surface area contributed by atoms with Crippen molar-refractivity contribution in [3.63, 3.8) is 0 Å². The molecule has 3 atom stereocenters. The number of ketones is 1. The topological polar surface area (TPSA) is 59.1 Å². The van der Waals surface area contributed by atoms with Gasteiger partial charge in [0.05, 0.1) is 24.2 Å². The second-order valence-corrected chi connectivity index (χ2v) is 6.76. The van der Waals surface area contributed by atoms with Gasteiger partial charge in [-0.1, -0.05) is 13.3 Å². The van der Waals surface area contributed by atoms with Crippen LogP contribution in [0.2, 0.25) is 0 Å². The minimum Gasteiger partial charge on any atom is -0.508 e. The van der Waals surface area contributed by atoms with Crippen LogP contribution in [0.3, 0.4) is 0 Å². The molecule has 1 N–H and O–H groups in total. The zero-order valence-corrected chi connectivity index (χ0v) is 13.5. The van der Waals surface area contributed by atoms with Gasteiger partial charge in [0.1, 0.15) is 17.1 Å². The Kier molecular flexibility index (Phi) is 3.89. The highest BCUT2D eigenvalue weighted by Gasteiger charge is 2.41. The van der Waals surface area contributed by atoms with E-state index in [9.17, 15) is 9.90 Å². The monoisotopic (exact) mass is 304 g/mol. The van der Waals surface area contributed by atoms with Crippen LogP contribution in [0.15, 0.2) is 12.1 Å². The normalized spacial score (nSPS) is 29.9. The molecule has 0 aliphatic carbocycles. The number of Topliss-reactive ketones (excluding diaryl/α,β-unsaturated/α-hetero) is 1. The second kappa shape index (κ2) is 5.58. The minimum atomic E-state index is -0.508. The lowest BCUT2D eigenvalue weighted by Crippen LogP contribution is -2.39. The van der Waals surface area contributed by atoms with E-state index < -0.39 is 5.60 Å². The Hall–Kier alpha value is -1.55. The summed E-state index contributed by atoms with van der Waals surface area (Å²) in [6.07, 6.45) is 4.31. The molecule has 0 bridgehead atoms. The molecular formula is C18H24O4. The second-order valence-electron chi connectivity index (χ2n) is 6.76. The zero-order chi connectivity index (χ0) is 15.9. The van der Waals surface area contributed by atoms with Crippen LogP contribution in [0.25, 0.3) is 0 Å². The third kappa shape index (κ3) is 2.84. The molecule has 120 valence electrons. The maximum atomic E-state index is 12.5. The molecule has 4 heteroatoms. The Morgan fingerprint density at radius 1 is 1.41 bits per heavy atom. The Morgan fingerprint density at radius 3 is 2.77 bits per heavy atom. The number of phenols is 1. The lowest BCUT2D eigenvalue weighted by atomic mass is 9.86. The molecule has 0 aromatic heterocycles. The molecule has 4 nitrogen and oxygen atoms in total. The molecule has 1 aromatic rings. The summed E-state index contributed by atoms with van der Waals surface area (Å²) in [6.45, 7) is 6.10. The van der Waals surface area contributed by atoms with E-state index in [1.807, 2.05) is 6.92 Å². The molecule has 0 saturated carbocycles. The molecule has 2 aliphatic rings. The molecule has 0 radical (unpaired) electrons. The van der Waals surface area contributed by atoms with Gasteiger partial charge in [0.15, 0.2) is 5.78 Å². The SMILES string of the molecule is CCCc1c(O)ccc2c1OC(C)(CCC1OC1C)CC2=O. The van der Waals surface area contributed by atoms with Crippen LogP contribution in [-0.2, 0) is 11.2 Å². The lowest BCUT2D eigenvalue weighted by molar-refractivity contribution is 0.0434. The van der Waals surface area contributed by atoms with Crippen molar-refractivity contribution >= 4 is 5.78 Å². The Balaban J connectivity index is 1.86. The standard InChI is InChI=1S/C18H24O4/c1-4-5-12-14(19)7-6-13-15(20)10-18(3,22-17(12)13)9-8-16-11(2)21-16/h6-7,11,16,19H,4-5,8-10H2,1-3H3. The average molecular weight is 304 g/mol. The summed E-state index contributed by atoms with van der Waals surface area (Å²) in [5, 5.41) is 10.1. The van der Waals surface area contributed by atoms with Crippen LogP contribution in [0.1, 0.15) is 62.4 Å². The van der Waals surface area contributed by atoms with E-state index in [1.54, 1.807) is 12.1 Å². The molecule has 1 aromatic carbocycles. The first-order valence-electron chi connectivity index (χ1n) is 8.16. The van der Waals surface area contributed by atoms with Gasteiger partial charge in [-0.05, 0) is 45.2 Å². The van der Waals surface area contributed by atoms with Gasteiger partial charge < -0.3 is 14.6 Å². The van der Waals surface area contributed by atoms with E-state index in [1.165, 1.54) is 0 Å². The van der Waals surface area contributed by atoms with Crippen LogP contribution >= 0.6 is 0 Å². The van der Waals surface area contributed by atoms with Gasteiger partial charge >= 0.3 is 0 Å². The fourth-order valence-electron chi connectivity index (χ4n) is 3.28. The highest BCUT2D eigenvalue weighted by Crippen LogP contribution is 2.42. The third-order valence-electron chi connectivity index (χ3n) is 4.71. The number of epoxide rings is 1. The van der Waals surface area contributed by atoms with E-state index in [2.05, 4.69) is 13.8 Å². The van der Waals surface area contributed by atoms with E-state index in [0.29, 0.717) is 36.4 Å². The molecule has 2 heterocycles. The molecule has 0 amide bonds. The number of benzene rings is 1. The first-order chi connectivity index (χ1) is 10.4. The summed E-state index contributed by atoms with van der Waals surface area (Å²) in [4.78, 5) is 12.5. The number of phenolic OH excluding ortho intramolecular Hbond substituents is 1. The lowest BCUT2D eigenvalue weighted by Gasteiger charge is -2.36. The number of carbonyl (C=O) groups excluding carboxylic acids is 1. The summed E-state index contributed by atoms with van der Waals surface area (Å²) in [5.74, 6) is 0.910. The zero-order valence-electron chi connectivity index (χ0n) is 13.5. The first kappa shape index (κ1) is 15.3. The van der Waals surface area contributed by atoms with Crippen LogP contribution in [0.5, 0.6) is 11.5 Å². The number of fused-ring (bicyclic) bond motifs is 1. The summed E-state index contributed by atoms with van der Waals surface area (Å²) in [5.41, 5.74) is 0.858. The number of carbonyl (C=O) groups is 1. The van der Waals surface area contributed by atoms with Crippen molar-refractivity contribution in [1.29, 1.82) is 0 Å². The number of rotatable bonds is 5. The minimum absolute atomic E-state index is 0.103. The predicted octanol–water partition coefficient (Wildman–Crippen LogP) is 3.64. The summed E-state index contributed by atoms with van der Waals surface area (Å²) >= 11 is 0. The fourth-order valence-corrected chi connectivity index (χ4v) is 3.28. The van der Waals surface area contributed by atoms with Crippen molar-refractivity contribution in [3.8, 4) is 11.5 Å². The van der Waals surface area contributed by atoms with Crippen LogP contribution < -0.4 is 4.74 Å². The highest BCUT2D eigenvalue weighted by atomic mass is 16.6. The van der Waals surface area contributed by atoms with Crippen molar-refractivity contribution in [2.24, 2.45) is 0 Å². The maximum Gasteiger partial charge on any atom is 0.170 e. The first-order valence-corrected chi connectivity index (χ1v) is 8.16. The summed E-state index contributed by atoms with van der Waals surface area (Å²) < 4.78 is 11.7. The van der Waals surface area contributed by atoms with Gasteiger partial charge in [0.25, 0.3) is 0 Å². The van der Waals surface area contributed by atoms with Gasteiger partial charge in [-0.3, -0.25) is 4.79 Å². The van der Waals surface area contributed by atoms with Gasteiger partial charge in [0.2, 0.25) is 0 Å². The van der Waals surface area contributed by atoms with Gasteiger partial charge in [-0.25, -0.2) is 0 Å².